The fourth-order valence-electron chi connectivity index (χ4n) is 2.02. The van der Waals surface area contributed by atoms with Crippen LogP contribution in [0, 0.1) is 0 Å². The smallest absolute Gasteiger partial charge is 0.0949 e. The van der Waals surface area contributed by atoms with Crippen LogP contribution in [-0.2, 0) is 0 Å². The molecule has 2 atom stereocenters. The maximum Gasteiger partial charge on any atom is 0.0949 e. The zero-order valence-electron chi connectivity index (χ0n) is 8.85. The van der Waals surface area contributed by atoms with E-state index in [4.69, 9.17) is 5.53 Å². The lowest BCUT2D eigenvalue weighted by Crippen LogP contribution is -2.24. The molecule has 1 aliphatic heterocycles. The van der Waals surface area contributed by atoms with Gasteiger partial charge in [0, 0.05) is 43.5 Å². The molecule has 0 spiro atoms. The summed E-state index contributed by atoms with van der Waals surface area (Å²) in [4.78, 5) is 8.76. The fourth-order valence-corrected chi connectivity index (χ4v) is 2.02. The van der Waals surface area contributed by atoms with Gasteiger partial charge in [-0.05, 0) is 5.53 Å². The standard InChI is InChI=1S/C9H14N6O/c10-13-12-2-3-14-5-8(9(16)6-14)15-4-1-11-7-15/h1,4,7-9,16H,2-3,5-6H2/t8-,9-/m1/s1. The summed E-state index contributed by atoms with van der Waals surface area (Å²) in [7, 11) is 0. The van der Waals surface area contributed by atoms with Crippen LogP contribution in [0.15, 0.2) is 23.8 Å². The molecule has 0 unspecified atom stereocenters. The lowest BCUT2D eigenvalue weighted by Gasteiger charge is -2.15. The van der Waals surface area contributed by atoms with E-state index in [2.05, 4.69) is 19.9 Å². The maximum absolute atomic E-state index is 9.89. The summed E-state index contributed by atoms with van der Waals surface area (Å²) >= 11 is 0. The van der Waals surface area contributed by atoms with E-state index in [0.717, 1.165) is 6.54 Å². The molecule has 1 fully saturated rings. The number of nitrogens with zero attached hydrogens (tertiary/aromatic N) is 6. The Kier molecular flexibility index (Phi) is 3.40. The Morgan fingerprint density at radius 2 is 2.44 bits per heavy atom. The number of hydrogen-bond donors (Lipinski definition) is 1. The Morgan fingerprint density at radius 1 is 1.56 bits per heavy atom. The second kappa shape index (κ2) is 4.98. The van der Waals surface area contributed by atoms with Crippen LogP contribution in [0.25, 0.3) is 10.4 Å². The van der Waals surface area contributed by atoms with Gasteiger partial charge in [-0.3, -0.25) is 4.90 Å². The molecule has 1 aromatic rings. The summed E-state index contributed by atoms with van der Waals surface area (Å²) in [5, 5.41) is 13.4. The first-order chi connectivity index (χ1) is 7.81. The molecule has 0 radical (unpaired) electrons. The van der Waals surface area contributed by atoms with Gasteiger partial charge in [0.1, 0.15) is 0 Å². The molecule has 7 heteroatoms. The van der Waals surface area contributed by atoms with Crippen LogP contribution in [0.1, 0.15) is 6.04 Å². The van der Waals surface area contributed by atoms with Crippen molar-refractivity contribution in [2.75, 3.05) is 26.2 Å². The molecule has 0 aromatic carbocycles. The normalized spacial score (nSPS) is 25.6. The Balaban J connectivity index is 1.91. The zero-order valence-corrected chi connectivity index (χ0v) is 8.85. The molecule has 1 aliphatic rings. The van der Waals surface area contributed by atoms with Crippen molar-refractivity contribution in [3.8, 4) is 0 Å². The van der Waals surface area contributed by atoms with Crippen LogP contribution in [-0.4, -0.2) is 51.8 Å². The van der Waals surface area contributed by atoms with Crippen molar-refractivity contribution in [2.24, 2.45) is 5.11 Å². The molecule has 1 aromatic heterocycles. The van der Waals surface area contributed by atoms with Gasteiger partial charge >= 0.3 is 0 Å². The van der Waals surface area contributed by atoms with Gasteiger partial charge in [0.15, 0.2) is 0 Å². The number of hydrogen-bond acceptors (Lipinski definition) is 4. The van der Waals surface area contributed by atoms with Gasteiger partial charge in [0.05, 0.1) is 18.5 Å². The minimum atomic E-state index is -0.389. The van der Waals surface area contributed by atoms with Crippen LogP contribution in [0.5, 0.6) is 0 Å². The molecule has 7 nitrogen and oxygen atoms in total. The molecule has 2 heterocycles. The lowest BCUT2D eigenvalue weighted by molar-refractivity contribution is 0.144. The van der Waals surface area contributed by atoms with E-state index in [1.54, 1.807) is 12.5 Å². The number of rotatable bonds is 4. The molecule has 16 heavy (non-hydrogen) atoms. The quantitative estimate of drug-likeness (QED) is 0.454. The molecular weight excluding hydrogens is 208 g/mol. The predicted octanol–water partition coefficient (Wildman–Crippen LogP) is 0.411. The average Bonchev–Trinajstić information content (AvgIpc) is 2.87. The summed E-state index contributed by atoms with van der Waals surface area (Å²) in [5.74, 6) is 0. The van der Waals surface area contributed by atoms with Crippen molar-refractivity contribution in [3.63, 3.8) is 0 Å². The van der Waals surface area contributed by atoms with Crippen molar-refractivity contribution in [3.05, 3.63) is 29.2 Å². The number of aliphatic hydroxyl groups excluding tert-OH is 1. The molecule has 1 saturated heterocycles. The highest BCUT2D eigenvalue weighted by Gasteiger charge is 2.31. The van der Waals surface area contributed by atoms with Crippen molar-refractivity contribution in [1.29, 1.82) is 0 Å². The van der Waals surface area contributed by atoms with Gasteiger partial charge in [0.2, 0.25) is 0 Å². The third-order valence-electron chi connectivity index (χ3n) is 2.82. The van der Waals surface area contributed by atoms with Gasteiger partial charge in [-0.15, -0.1) is 0 Å². The topological polar surface area (TPSA) is 90.0 Å². The number of imidazole rings is 1. The monoisotopic (exact) mass is 222 g/mol. The molecular formula is C9H14N6O. The molecule has 2 rings (SSSR count). The minimum Gasteiger partial charge on any atom is -0.390 e. The molecule has 0 aliphatic carbocycles. The van der Waals surface area contributed by atoms with E-state index < -0.39 is 0 Å². The number of azide groups is 1. The van der Waals surface area contributed by atoms with E-state index in [0.29, 0.717) is 19.6 Å². The Hall–Kier alpha value is -1.56. The van der Waals surface area contributed by atoms with Gasteiger partial charge in [-0.1, -0.05) is 5.11 Å². The Bertz CT molecular complexity index is 371. The van der Waals surface area contributed by atoms with Gasteiger partial charge in [-0.25, -0.2) is 4.98 Å². The van der Waals surface area contributed by atoms with Gasteiger partial charge < -0.3 is 9.67 Å². The first-order valence-electron chi connectivity index (χ1n) is 5.20. The van der Waals surface area contributed by atoms with Crippen molar-refractivity contribution in [2.45, 2.75) is 12.1 Å². The fraction of sp³-hybridized carbons (Fsp3) is 0.667. The summed E-state index contributed by atoms with van der Waals surface area (Å²) in [6, 6.07) is 0.0496. The number of likely N-dealkylation sites (tertiary alicyclic amines) is 1. The van der Waals surface area contributed by atoms with E-state index in [1.165, 1.54) is 0 Å². The van der Waals surface area contributed by atoms with Gasteiger partial charge in [-0.2, -0.15) is 0 Å². The zero-order chi connectivity index (χ0) is 11.4. The van der Waals surface area contributed by atoms with Crippen LogP contribution >= 0.6 is 0 Å². The first kappa shape index (κ1) is 10.9. The number of aromatic nitrogens is 2. The molecule has 0 amide bonds. The highest BCUT2D eigenvalue weighted by molar-refractivity contribution is 4.92. The molecule has 1 N–H and O–H groups in total. The highest BCUT2D eigenvalue weighted by Crippen LogP contribution is 2.21. The molecule has 0 bridgehead atoms. The third-order valence-corrected chi connectivity index (χ3v) is 2.82. The third kappa shape index (κ3) is 2.33. The van der Waals surface area contributed by atoms with E-state index >= 15 is 0 Å². The second-order valence-electron chi connectivity index (χ2n) is 3.86. The summed E-state index contributed by atoms with van der Waals surface area (Å²) < 4.78 is 1.91. The van der Waals surface area contributed by atoms with E-state index in [1.807, 2.05) is 10.8 Å². The lowest BCUT2D eigenvalue weighted by atomic mass is 10.2. The van der Waals surface area contributed by atoms with Crippen LogP contribution < -0.4 is 0 Å². The maximum atomic E-state index is 9.89. The second-order valence-corrected chi connectivity index (χ2v) is 3.86. The summed E-state index contributed by atoms with van der Waals surface area (Å²) in [6.45, 7) is 2.51. The van der Waals surface area contributed by atoms with E-state index in [9.17, 15) is 5.11 Å². The van der Waals surface area contributed by atoms with Gasteiger partial charge in [0.25, 0.3) is 0 Å². The van der Waals surface area contributed by atoms with Crippen molar-refractivity contribution in [1.82, 2.24) is 14.5 Å². The van der Waals surface area contributed by atoms with E-state index in [-0.39, 0.29) is 12.1 Å². The number of aliphatic hydroxyl groups is 1. The number of β-amino-alcohol motifs (C(OH)–C–C–N with tert-alkyl or cyclic N) is 1. The summed E-state index contributed by atoms with van der Waals surface area (Å²) in [5.41, 5.74) is 8.17. The average molecular weight is 222 g/mol. The van der Waals surface area contributed by atoms with Crippen molar-refractivity contribution < 1.29 is 5.11 Å². The van der Waals surface area contributed by atoms with Crippen LogP contribution in [0.2, 0.25) is 0 Å². The van der Waals surface area contributed by atoms with Crippen molar-refractivity contribution >= 4 is 0 Å². The minimum absolute atomic E-state index is 0.0496. The largest absolute Gasteiger partial charge is 0.390 e. The Labute approximate surface area is 92.9 Å². The first-order valence-corrected chi connectivity index (χ1v) is 5.20. The van der Waals surface area contributed by atoms with Crippen LogP contribution in [0.3, 0.4) is 0 Å². The SMILES string of the molecule is [N-]=[N+]=NCCN1C[C@@H](O)[C@H](n2ccnc2)C1. The van der Waals surface area contributed by atoms with Crippen LogP contribution in [0.4, 0.5) is 0 Å². The molecule has 86 valence electrons. The Morgan fingerprint density at radius 3 is 3.12 bits per heavy atom. The highest BCUT2D eigenvalue weighted by atomic mass is 16.3. The predicted molar refractivity (Wildman–Crippen MR) is 57.7 cm³/mol. The summed E-state index contributed by atoms with van der Waals surface area (Å²) in [6.07, 6.45) is 4.88. The molecule has 0 saturated carbocycles.